The lowest BCUT2D eigenvalue weighted by Gasteiger charge is -2.33. The van der Waals surface area contributed by atoms with E-state index in [4.69, 9.17) is 11.6 Å². The molecule has 0 spiro atoms. The Morgan fingerprint density at radius 1 is 1.26 bits per heavy atom. The summed E-state index contributed by atoms with van der Waals surface area (Å²) in [5.74, 6) is 1.26. The molecule has 0 bridgehead atoms. The molecule has 1 aliphatic heterocycles. The average molecular weight is 333 g/mol. The third-order valence-corrected chi connectivity index (χ3v) is 3.89. The number of nitrogens with zero attached hydrogens (tertiary/aromatic N) is 5. The van der Waals surface area contributed by atoms with E-state index in [1.165, 1.54) is 0 Å². The van der Waals surface area contributed by atoms with Crippen molar-refractivity contribution in [3.05, 3.63) is 35.5 Å². The Bertz CT molecular complexity index is 702. The molecule has 0 saturated carbocycles. The third kappa shape index (κ3) is 3.87. The fourth-order valence-corrected chi connectivity index (χ4v) is 2.61. The van der Waals surface area contributed by atoms with Crippen molar-refractivity contribution >= 4 is 35.0 Å². The van der Waals surface area contributed by atoms with Crippen LogP contribution in [-0.2, 0) is 4.79 Å². The Balaban J connectivity index is 1.69. The number of hydrogen-bond acceptors (Lipinski definition) is 6. The topological polar surface area (TPSA) is 74.2 Å². The standard InChI is InChI=1S/C15H17ClN6O/c1-11(23)21-5-7-22(8-6-21)15-19-14(10-17-20-15)18-13-4-2-3-12(16)9-13/h2-4,9-10H,5-8H2,1H3,(H,18,19,20). The fourth-order valence-electron chi connectivity index (χ4n) is 2.42. The second-order valence-corrected chi connectivity index (χ2v) is 5.71. The van der Waals surface area contributed by atoms with Crippen molar-refractivity contribution in [3.8, 4) is 0 Å². The molecule has 1 saturated heterocycles. The summed E-state index contributed by atoms with van der Waals surface area (Å²) in [6, 6.07) is 7.39. The number of hydrogen-bond donors (Lipinski definition) is 1. The molecule has 1 N–H and O–H groups in total. The number of nitrogens with one attached hydrogen (secondary N) is 1. The van der Waals surface area contributed by atoms with Crippen molar-refractivity contribution in [1.82, 2.24) is 20.1 Å². The number of amides is 1. The second-order valence-electron chi connectivity index (χ2n) is 5.27. The Morgan fingerprint density at radius 2 is 2.04 bits per heavy atom. The molecule has 0 unspecified atom stereocenters. The summed E-state index contributed by atoms with van der Waals surface area (Å²) in [7, 11) is 0. The first-order valence-corrected chi connectivity index (χ1v) is 7.72. The monoisotopic (exact) mass is 332 g/mol. The van der Waals surface area contributed by atoms with Gasteiger partial charge < -0.3 is 15.1 Å². The van der Waals surface area contributed by atoms with Crippen LogP contribution in [0.15, 0.2) is 30.5 Å². The Kier molecular flexibility index (Phi) is 4.57. The summed E-state index contributed by atoms with van der Waals surface area (Å²) < 4.78 is 0. The zero-order valence-electron chi connectivity index (χ0n) is 12.7. The van der Waals surface area contributed by atoms with Crippen LogP contribution in [-0.4, -0.2) is 52.2 Å². The smallest absolute Gasteiger partial charge is 0.247 e. The van der Waals surface area contributed by atoms with Gasteiger partial charge in [0.15, 0.2) is 5.82 Å². The van der Waals surface area contributed by atoms with Crippen LogP contribution in [0.3, 0.4) is 0 Å². The number of benzene rings is 1. The molecule has 120 valence electrons. The second kappa shape index (κ2) is 6.78. The van der Waals surface area contributed by atoms with Crippen LogP contribution in [0.5, 0.6) is 0 Å². The predicted molar refractivity (Wildman–Crippen MR) is 89.0 cm³/mol. The van der Waals surface area contributed by atoms with Crippen molar-refractivity contribution in [1.29, 1.82) is 0 Å². The van der Waals surface area contributed by atoms with Gasteiger partial charge in [-0.2, -0.15) is 10.1 Å². The molecule has 1 fully saturated rings. The molecule has 1 aromatic heterocycles. The first-order valence-electron chi connectivity index (χ1n) is 7.34. The van der Waals surface area contributed by atoms with E-state index in [-0.39, 0.29) is 5.91 Å². The van der Waals surface area contributed by atoms with Crippen molar-refractivity contribution in [2.45, 2.75) is 6.92 Å². The molecule has 2 aromatic rings. The molecule has 1 amide bonds. The highest BCUT2D eigenvalue weighted by Crippen LogP contribution is 2.19. The predicted octanol–water partition coefficient (Wildman–Crippen LogP) is 1.94. The maximum atomic E-state index is 11.4. The summed E-state index contributed by atoms with van der Waals surface area (Å²) in [5, 5.41) is 11.9. The minimum absolute atomic E-state index is 0.0973. The van der Waals surface area contributed by atoms with E-state index in [0.717, 1.165) is 5.69 Å². The fraction of sp³-hybridized carbons (Fsp3) is 0.333. The molecule has 1 aromatic carbocycles. The largest absolute Gasteiger partial charge is 0.339 e. The molecule has 0 aliphatic carbocycles. The number of piperazine rings is 1. The van der Waals surface area contributed by atoms with Crippen molar-refractivity contribution in [3.63, 3.8) is 0 Å². The van der Waals surface area contributed by atoms with Gasteiger partial charge in [-0.25, -0.2) is 0 Å². The minimum atomic E-state index is 0.0973. The number of aromatic nitrogens is 3. The molecule has 1 aliphatic rings. The first-order chi connectivity index (χ1) is 11.1. The highest BCUT2D eigenvalue weighted by Gasteiger charge is 2.20. The average Bonchev–Trinajstić information content (AvgIpc) is 2.55. The van der Waals surface area contributed by atoms with Crippen molar-refractivity contribution < 1.29 is 4.79 Å². The number of anilines is 3. The maximum absolute atomic E-state index is 11.4. The van der Waals surface area contributed by atoms with Crippen LogP contribution < -0.4 is 10.2 Å². The van der Waals surface area contributed by atoms with Crippen LogP contribution in [0.25, 0.3) is 0 Å². The van der Waals surface area contributed by atoms with Gasteiger partial charge in [0.05, 0.1) is 6.20 Å². The zero-order chi connectivity index (χ0) is 16.2. The van der Waals surface area contributed by atoms with Gasteiger partial charge in [-0.15, -0.1) is 5.10 Å². The lowest BCUT2D eigenvalue weighted by atomic mass is 10.3. The maximum Gasteiger partial charge on any atom is 0.247 e. The first kappa shape index (κ1) is 15.5. The van der Waals surface area contributed by atoms with Crippen LogP contribution in [0.1, 0.15) is 6.92 Å². The van der Waals surface area contributed by atoms with E-state index >= 15 is 0 Å². The summed E-state index contributed by atoms with van der Waals surface area (Å²) in [6.45, 7) is 4.32. The number of rotatable bonds is 3. The van der Waals surface area contributed by atoms with E-state index in [9.17, 15) is 4.79 Å². The molecule has 23 heavy (non-hydrogen) atoms. The molecule has 2 heterocycles. The molecule has 8 heteroatoms. The summed E-state index contributed by atoms with van der Waals surface area (Å²) >= 11 is 5.97. The molecular weight excluding hydrogens is 316 g/mol. The Morgan fingerprint density at radius 3 is 2.74 bits per heavy atom. The summed E-state index contributed by atoms with van der Waals surface area (Å²) in [5.41, 5.74) is 0.838. The summed E-state index contributed by atoms with van der Waals surface area (Å²) in [6.07, 6.45) is 1.57. The van der Waals surface area contributed by atoms with Crippen LogP contribution in [0, 0.1) is 0 Å². The van der Waals surface area contributed by atoms with Gasteiger partial charge in [0.25, 0.3) is 0 Å². The summed E-state index contributed by atoms with van der Waals surface area (Å²) in [4.78, 5) is 19.7. The van der Waals surface area contributed by atoms with Gasteiger partial charge in [-0.05, 0) is 18.2 Å². The van der Waals surface area contributed by atoms with Gasteiger partial charge in [0, 0.05) is 43.8 Å². The van der Waals surface area contributed by atoms with E-state index in [2.05, 4.69) is 20.5 Å². The van der Waals surface area contributed by atoms with Crippen LogP contribution >= 0.6 is 11.6 Å². The minimum Gasteiger partial charge on any atom is -0.339 e. The number of halogens is 1. The van der Waals surface area contributed by atoms with Gasteiger partial charge >= 0.3 is 0 Å². The van der Waals surface area contributed by atoms with Crippen molar-refractivity contribution in [2.24, 2.45) is 0 Å². The Hall–Kier alpha value is -2.41. The quantitative estimate of drug-likeness (QED) is 0.926. The SMILES string of the molecule is CC(=O)N1CCN(c2nncc(Nc3cccc(Cl)c3)n2)CC1. The molecular formula is C15H17ClN6O. The van der Waals surface area contributed by atoms with Gasteiger partial charge in [0.1, 0.15) is 0 Å². The molecule has 0 radical (unpaired) electrons. The zero-order valence-corrected chi connectivity index (χ0v) is 13.5. The highest BCUT2D eigenvalue weighted by molar-refractivity contribution is 6.30. The van der Waals surface area contributed by atoms with Gasteiger partial charge in [-0.1, -0.05) is 17.7 Å². The van der Waals surface area contributed by atoms with E-state index in [0.29, 0.717) is 43.0 Å². The lowest BCUT2D eigenvalue weighted by Crippen LogP contribution is -2.48. The third-order valence-electron chi connectivity index (χ3n) is 3.65. The van der Waals surface area contributed by atoms with Gasteiger partial charge in [0.2, 0.25) is 11.9 Å². The van der Waals surface area contributed by atoms with Gasteiger partial charge in [-0.3, -0.25) is 4.79 Å². The lowest BCUT2D eigenvalue weighted by molar-refractivity contribution is -0.129. The van der Waals surface area contributed by atoms with E-state index in [1.54, 1.807) is 13.1 Å². The van der Waals surface area contributed by atoms with Crippen LogP contribution in [0.4, 0.5) is 17.5 Å². The van der Waals surface area contributed by atoms with Crippen molar-refractivity contribution in [2.75, 3.05) is 36.4 Å². The highest BCUT2D eigenvalue weighted by atomic mass is 35.5. The molecule has 0 atom stereocenters. The molecule has 7 nitrogen and oxygen atoms in total. The Labute approximate surface area is 139 Å². The number of carbonyl (C=O) groups is 1. The molecule has 3 rings (SSSR count). The normalized spacial score (nSPS) is 14.7. The number of carbonyl (C=O) groups excluding carboxylic acids is 1. The van der Waals surface area contributed by atoms with E-state index < -0.39 is 0 Å². The van der Waals surface area contributed by atoms with E-state index in [1.807, 2.05) is 34.1 Å². The van der Waals surface area contributed by atoms with Crippen LogP contribution in [0.2, 0.25) is 5.02 Å².